The van der Waals surface area contributed by atoms with Crippen molar-refractivity contribution < 1.29 is 0 Å². The molecule has 0 N–H and O–H groups in total. The molecule has 1 aromatic carbocycles. The van der Waals surface area contributed by atoms with Crippen molar-refractivity contribution in [2.45, 2.75) is 19.8 Å². The number of thiophene rings is 1. The predicted molar refractivity (Wildman–Crippen MR) is 64.0 cm³/mol. The van der Waals surface area contributed by atoms with Gasteiger partial charge in [-0.05, 0) is 37.1 Å². The van der Waals surface area contributed by atoms with Crippen molar-refractivity contribution in [1.82, 2.24) is 0 Å². The zero-order valence-corrected chi connectivity index (χ0v) is 9.03. The maximum absolute atomic E-state index is 2.38. The lowest BCUT2D eigenvalue weighted by Gasteiger charge is -1.94. The molecule has 0 atom stereocenters. The number of rotatable bonds is 0. The Labute approximate surface area is 87.2 Å². The first-order valence-corrected chi connectivity index (χ1v) is 5.86. The summed E-state index contributed by atoms with van der Waals surface area (Å²) in [7, 11) is 0. The minimum absolute atomic E-state index is 1.20. The summed E-state index contributed by atoms with van der Waals surface area (Å²) in [6.07, 6.45) is 7.16. The molecule has 3 rings (SSSR count). The van der Waals surface area contributed by atoms with Crippen molar-refractivity contribution in [3.8, 4) is 0 Å². The maximum atomic E-state index is 2.38. The average Bonchev–Trinajstić information content (AvgIpc) is 2.56. The smallest absolute Gasteiger partial charge is 0.0355 e. The Morgan fingerprint density at radius 3 is 2.93 bits per heavy atom. The van der Waals surface area contributed by atoms with Crippen LogP contribution in [0, 0.1) is 6.92 Å². The van der Waals surface area contributed by atoms with Gasteiger partial charge in [-0.2, -0.15) is 0 Å². The first kappa shape index (κ1) is 8.25. The van der Waals surface area contributed by atoms with E-state index in [4.69, 9.17) is 0 Å². The van der Waals surface area contributed by atoms with E-state index < -0.39 is 0 Å². The highest BCUT2D eigenvalue weighted by atomic mass is 32.1. The van der Waals surface area contributed by atoms with E-state index in [2.05, 4.69) is 37.3 Å². The summed E-state index contributed by atoms with van der Waals surface area (Å²) in [6.45, 7) is 2.16. The number of hydrogen-bond acceptors (Lipinski definition) is 1. The van der Waals surface area contributed by atoms with Gasteiger partial charge in [-0.1, -0.05) is 23.8 Å². The van der Waals surface area contributed by atoms with Gasteiger partial charge in [-0.25, -0.2) is 0 Å². The molecule has 1 aromatic heterocycles. The van der Waals surface area contributed by atoms with Crippen LogP contribution in [0.25, 0.3) is 22.2 Å². The molecule has 1 heteroatoms. The number of hydrogen-bond donors (Lipinski definition) is 0. The second-order valence-corrected chi connectivity index (χ2v) is 4.95. The first-order chi connectivity index (χ1) is 6.84. The van der Waals surface area contributed by atoms with E-state index in [9.17, 15) is 0 Å². The molecule has 0 spiro atoms. The highest BCUT2D eigenvalue weighted by Gasteiger charge is 2.03. The van der Waals surface area contributed by atoms with E-state index in [1.807, 2.05) is 11.3 Å². The summed E-state index contributed by atoms with van der Waals surface area (Å²) in [5.74, 6) is 0. The Bertz CT molecular complexity index is 602. The second kappa shape index (κ2) is 2.96. The van der Waals surface area contributed by atoms with E-state index in [1.54, 1.807) is 0 Å². The van der Waals surface area contributed by atoms with Gasteiger partial charge in [0.1, 0.15) is 0 Å². The van der Waals surface area contributed by atoms with Gasteiger partial charge in [0.15, 0.2) is 0 Å². The summed E-state index contributed by atoms with van der Waals surface area (Å²) in [6, 6.07) is 6.75. The van der Waals surface area contributed by atoms with Gasteiger partial charge < -0.3 is 0 Å². The zero-order chi connectivity index (χ0) is 9.54. The molecule has 0 radical (unpaired) electrons. The van der Waals surface area contributed by atoms with Crippen LogP contribution in [0.2, 0.25) is 0 Å². The van der Waals surface area contributed by atoms with Crippen LogP contribution in [-0.4, -0.2) is 0 Å². The molecule has 70 valence electrons. The van der Waals surface area contributed by atoms with Crippen LogP contribution in [-0.2, 0) is 0 Å². The van der Waals surface area contributed by atoms with Crippen molar-refractivity contribution in [3.05, 3.63) is 33.5 Å². The largest absolute Gasteiger partial charge is 0.136 e. The third-order valence-electron chi connectivity index (χ3n) is 2.76. The molecule has 0 aliphatic heterocycles. The Kier molecular flexibility index (Phi) is 1.74. The van der Waals surface area contributed by atoms with E-state index >= 15 is 0 Å². The highest BCUT2D eigenvalue weighted by molar-refractivity contribution is 7.17. The van der Waals surface area contributed by atoms with E-state index in [1.165, 1.54) is 38.2 Å². The Hall–Kier alpha value is -1.08. The van der Waals surface area contributed by atoms with E-state index in [-0.39, 0.29) is 0 Å². The maximum Gasteiger partial charge on any atom is 0.0355 e. The lowest BCUT2D eigenvalue weighted by atomic mass is 10.1. The van der Waals surface area contributed by atoms with Crippen LogP contribution in [0.3, 0.4) is 0 Å². The molecule has 1 aliphatic carbocycles. The molecule has 2 aromatic rings. The summed E-state index contributed by atoms with van der Waals surface area (Å²) in [5, 5.41) is 2.92. The molecule has 14 heavy (non-hydrogen) atoms. The Balaban J connectivity index is 2.57. The third kappa shape index (κ3) is 1.12. The van der Waals surface area contributed by atoms with Crippen LogP contribution in [0.4, 0.5) is 0 Å². The zero-order valence-electron chi connectivity index (χ0n) is 8.21. The lowest BCUT2D eigenvalue weighted by Crippen LogP contribution is -2.20. The Morgan fingerprint density at radius 2 is 2.00 bits per heavy atom. The lowest BCUT2D eigenvalue weighted by molar-refractivity contribution is 1.13. The normalized spacial score (nSPS) is 14.6. The third-order valence-corrected chi connectivity index (χ3v) is 3.94. The first-order valence-electron chi connectivity index (χ1n) is 5.04. The number of fused-ring (bicyclic) bond motifs is 3. The van der Waals surface area contributed by atoms with E-state index in [0.717, 1.165) is 0 Å². The molecule has 0 saturated carbocycles. The molecule has 0 nitrogen and oxygen atoms in total. The van der Waals surface area contributed by atoms with Gasteiger partial charge >= 0.3 is 0 Å². The van der Waals surface area contributed by atoms with Crippen LogP contribution in [0.5, 0.6) is 0 Å². The molecule has 0 fully saturated rings. The monoisotopic (exact) mass is 200 g/mol. The fourth-order valence-corrected chi connectivity index (χ4v) is 3.21. The minimum Gasteiger partial charge on any atom is -0.136 e. The molecular weight excluding hydrogens is 188 g/mol. The molecule has 0 bridgehead atoms. The summed E-state index contributed by atoms with van der Waals surface area (Å²) >= 11 is 1.92. The van der Waals surface area contributed by atoms with Crippen molar-refractivity contribution >= 4 is 33.6 Å². The van der Waals surface area contributed by atoms with Gasteiger partial charge in [-0.15, -0.1) is 11.3 Å². The van der Waals surface area contributed by atoms with Gasteiger partial charge in [0.2, 0.25) is 0 Å². The Morgan fingerprint density at radius 1 is 1.14 bits per heavy atom. The topological polar surface area (TPSA) is 0 Å². The van der Waals surface area contributed by atoms with Crippen molar-refractivity contribution in [2.75, 3.05) is 0 Å². The van der Waals surface area contributed by atoms with Gasteiger partial charge in [0, 0.05) is 14.6 Å². The summed E-state index contributed by atoms with van der Waals surface area (Å²) < 4.78 is 2.90. The standard InChI is InChI=1S/C13H12S/c1-9-6-7-13-11(8-9)10-4-2-3-5-12(10)14-13/h4-8H,2-3H2,1H3. The number of benzene rings is 1. The van der Waals surface area contributed by atoms with Crippen LogP contribution in [0.1, 0.15) is 18.4 Å². The second-order valence-electron chi connectivity index (χ2n) is 3.87. The minimum atomic E-state index is 1.20. The quantitative estimate of drug-likeness (QED) is 0.613. The summed E-state index contributed by atoms with van der Waals surface area (Å²) in [4.78, 5) is 0. The fourth-order valence-electron chi connectivity index (χ4n) is 2.05. The van der Waals surface area contributed by atoms with Crippen LogP contribution in [0.15, 0.2) is 18.2 Å². The highest BCUT2D eigenvalue weighted by Crippen LogP contribution is 2.16. The molecule has 0 unspecified atom stereocenters. The molecular formula is C13H12S. The molecule has 0 saturated heterocycles. The van der Waals surface area contributed by atoms with Crippen molar-refractivity contribution in [3.63, 3.8) is 0 Å². The number of aryl methyl sites for hydroxylation is 1. The summed E-state index contributed by atoms with van der Waals surface area (Å²) in [5.41, 5.74) is 1.36. The molecule has 1 heterocycles. The fraction of sp³-hybridized carbons (Fsp3) is 0.231. The van der Waals surface area contributed by atoms with Crippen LogP contribution >= 0.6 is 11.3 Å². The molecule has 1 aliphatic rings. The average molecular weight is 200 g/mol. The van der Waals surface area contributed by atoms with Crippen molar-refractivity contribution in [2.24, 2.45) is 0 Å². The van der Waals surface area contributed by atoms with Crippen molar-refractivity contribution in [1.29, 1.82) is 0 Å². The SMILES string of the molecule is Cc1ccc2sc3c(c2c1)=CCCC=3. The van der Waals surface area contributed by atoms with Gasteiger partial charge in [0.05, 0.1) is 0 Å². The van der Waals surface area contributed by atoms with E-state index in [0.29, 0.717) is 0 Å². The predicted octanol–water partition coefficient (Wildman–Crippen LogP) is 2.56. The molecule has 0 amide bonds. The van der Waals surface area contributed by atoms with Gasteiger partial charge in [0.25, 0.3) is 0 Å². The van der Waals surface area contributed by atoms with Crippen LogP contribution < -0.4 is 9.75 Å². The van der Waals surface area contributed by atoms with Gasteiger partial charge in [-0.3, -0.25) is 0 Å².